The number of hydrogen-bond acceptors (Lipinski definition) is 2. The molecular formula is C16H17ClFN3O. The average Bonchev–Trinajstić information content (AvgIpc) is 2.71. The zero-order valence-corrected chi connectivity index (χ0v) is 13.5. The van der Waals surface area contributed by atoms with Gasteiger partial charge in [-0.15, -0.1) is 0 Å². The van der Waals surface area contributed by atoms with E-state index in [9.17, 15) is 9.18 Å². The summed E-state index contributed by atoms with van der Waals surface area (Å²) in [7, 11) is 1.70. The maximum atomic E-state index is 13.4. The van der Waals surface area contributed by atoms with Crippen LogP contribution in [0.4, 0.5) is 10.1 Å². The Morgan fingerprint density at radius 2 is 2.18 bits per heavy atom. The van der Waals surface area contributed by atoms with Crippen LogP contribution >= 0.6 is 11.6 Å². The first-order valence-electron chi connectivity index (χ1n) is 7.21. The number of halogens is 2. The standard InChI is InChI=1S/C16H17ClFN3O/c1-9-4-5-11-8-12(18)6-7-13(11)21(9)16(22)15-14(17)10(2)19-20(15)3/h6-9H,4-5H2,1-3H3. The summed E-state index contributed by atoms with van der Waals surface area (Å²) in [5.41, 5.74) is 2.58. The molecule has 0 spiro atoms. The lowest BCUT2D eigenvalue weighted by molar-refractivity contribution is 0.0966. The maximum absolute atomic E-state index is 13.4. The highest BCUT2D eigenvalue weighted by Gasteiger charge is 2.32. The van der Waals surface area contributed by atoms with E-state index in [2.05, 4.69) is 5.10 Å². The molecule has 4 nitrogen and oxygen atoms in total. The van der Waals surface area contributed by atoms with Gasteiger partial charge in [0.15, 0.2) is 0 Å². The van der Waals surface area contributed by atoms with Gasteiger partial charge in [0.05, 0.1) is 10.7 Å². The molecule has 6 heteroatoms. The van der Waals surface area contributed by atoms with Gasteiger partial charge in [0, 0.05) is 18.8 Å². The predicted molar refractivity (Wildman–Crippen MR) is 83.9 cm³/mol. The van der Waals surface area contributed by atoms with Crippen molar-refractivity contribution in [2.75, 3.05) is 4.90 Å². The van der Waals surface area contributed by atoms with Gasteiger partial charge >= 0.3 is 0 Å². The van der Waals surface area contributed by atoms with Crippen LogP contribution in [-0.4, -0.2) is 21.7 Å². The highest BCUT2D eigenvalue weighted by atomic mass is 35.5. The lowest BCUT2D eigenvalue weighted by Crippen LogP contribution is -2.43. The van der Waals surface area contributed by atoms with E-state index >= 15 is 0 Å². The summed E-state index contributed by atoms with van der Waals surface area (Å²) in [6.45, 7) is 3.75. The molecular weight excluding hydrogens is 305 g/mol. The lowest BCUT2D eigenvalue weighted by Gasteiger charge is -2.35. The van der Waals surface area contributed by atoms with Crippen LogP contribution in [0.2, 0.25) is 5.02 Å². The molecule has 1 aliphatic heterocycles. The average molecular weight is 322 g/mol. The Kier molecular flexibility index (Phi) is 3.68. The molecule has 2 aromatic rings. The minimum atomic E-state index is -0.282. The van der Waals surface area contributed by atoms with Crippen molar-refractivity contribution in [3.8, 4) is 0 Å². The van der Waals surface area contributed by atoms with E-state index in [1.165, 1.54) is 16.8 Å². The van der Waals surface area contributed by atoms with E-state index < -0.39 is 0 Å². The third-order valence-corrected chi connectivity index (χ3v) is 4.60. The van der Waals surface area contributed by atoms with Gasteiger partial charge in [-0.05, 0) is 50.5 Å². The molecule has 0 saturated heterocycles. The van der Waals surface area contributed by atoms with Crippen molar-refractivity contribution in [1.29, 1.82) is 0 Å². The van der Waals surface area contributed by atoms with E-state index in [0.29, 0.717) is 16.4 Å². The van der Waals surface area contributed by atoms with Gasteiger partial charge in [-0.1, -0.05) is 11.6 Å². The number of amides is 1. The van der Waals surface area contributed by atoms with Gasteiger partial charge in [0.25, 0.3) is 5.91 Å². The minimum absolute atomic E-state index is 0.0248. The van der Waals surface area contributed by atoms with Crippen LogP contribution in [0.3, 0.4) is 0 Å². The number of aryl methyl sites for hydroxylation is 3. The summed E-state index contributed by atoms with van der Waals surface area (Å²) in [5, 5.41) is 4.57. The van der Waals surface area contributed by atoms with Gasteiger partial charge in [-0.2, -0.15) is 5.10 Å². The van der Waals surface area contributed by atoms with Crippen LogP contribution in [-0.2, 0) is 13.5 Å². The fourth-order valence-electron chi connectivity index (χ4n) is 3.01. The largest absolute Gasteiger partial charge is 0.304 e. The summed E-state index contributed by atoms with van der Waals surface area (Å²) in [6.07, 6.45) is 1.55. The van der Waals surface area contributed by atoms with E-state index in [1.807, 2.05) is 6.92 Å². The molecule has 1 amide bonds. The zero-order chi connectivity index (χ0) is 16.0. The van der Waals surface area contributed by atoms with Crippen LogP contribution in [0.25, 0.3) is 0 Å². The third kappa shape index (κ3) is 2.29. The van der Waals surface area contributed by atoms with Gasteiger partial charge in [0.1, 0.15) is 11.5 Å². The second-order valence-electron chi connectivity index (χ2n) is 5.71. The molecule has 1 aromatic carbocycles. The highest BCUT2D eigenvalue weighted by molar-refractivity contribution is 6.35. The first kappa shape index (κ1) is 15.0. The molecule has 0 saturated carbocycles. The fraction of sp³-hybridized carbons (Fsp3) is 0.375. The molecule has 2 heterocycles. The Balaban J connectivity index is 2.09. The smallest absolute Gasteiger partial charge is 0.278 e. The van der Waals surface area contributed by atoms with Crippen molar-refractivity contribution in [3.63, 3.8) is 0 Å². The van der Waals surface area contributed by atoms with Crippen LogP contribution in [0.15, 0.2) is 18.2 Å². The number of benzene rings is 1. The Morgan fingerprint density at radius 3 is 2.82 bits per heavy atom. The Bertz CT molecular complexity index is 756. The second-order valence-corrected chi connectivity index (χ2v) is 6.09. The number of nitrogens with zero attached hydrogens (tertiary/aromatic N) is 3. The SMILES string of the molecule is Cc1nn(C)c(C(=O)N2c3ccc(F)cc3CCC2C)c1Cl. The van der Waals surface area contributed by atoms with Crippen LogP contribution in [0.1, 0.15) is 35.1 Å². The molecule has 1 atom stereocenters. The number of anilines is 1. The van der Waals surface area contributed by atoms with Gasteiger partial charge < -0.3 is 4.90 Å². The lowest BCUT2D eigenvalue weighted by atomic mass is 9.96. The summed E-state index contributed by atoms with van der Waals surface area (Å²) in [5.74, 6) is -0.483. The maximum Gasteiger partial charge on any atom is 0.278 e. The van der Waals surface area contributed by atoms with Crippen LogP contribution < -0.4 is 4.90 Å². The van der Waals surface area contributed by atoms with Crippen molar-refractivity contribution < 1.29 is 9.18 Å². The number of hydrogen-bond donors (Lipinski definition) is 0. The summed E-state index contributed by atoms with van der Waals surface area (Å²) < 4.78 is 14.9. The van der Waals surface area contributed by atoms with Crippen molar-refractivity contribution >= 4 is 23.2 Å². The van der Waals surface area contributed by atoms with Crippen LogP contribution in [0, 0.1) is 12.7 Å². The molecule has 0 bridgehead atoms. The monoisotopic (exact) mass is 321 g/mol. The van der Waals surface area contributed by atoms with E-state index in [-0.39, 0.29) is 17.8 Å². The molecule has 0 fully saturated rings. The van der Waals surface area contributed by atoms with Gasteiger partial charge in [-0.3, -0.25) is 9.48 Å². The Morgan fingerprint density at radius 1 is 1.45 bits per heavy atom. The van der Waals surface area contributed by atoms with Crippen molar-refractivity contribution in [3.05, 3.63) is 46.0 Å². The number of rotatable bonds is 1. The van der Waals surface area contributed by atoms with Crippen molar-refractivity contribution in [2.24, 2.45) is 7.05 Å². The number of carbonyl (C=O) groups is 1. The molecule has 22 heavy (non-hydrogen) atoms. The van der Waals surface area contributed by atoms with Crippen LogP contribution in [0.5, 0.6) is 0 Å². The third-order valence-electron chi connectivity index (χ3n) is 4.14. The molecule has 1 aliphatic rings. The number of aromatic nitrogens is 2. The molecule has 116 valence electrons. The highest BCUT2D eigenvalue weighted by Crippen LogP contribution is 2.33. The van der Waals surface area contributed by atoms with E-state index in [0.717, 1.165) is 24.1 Å². The molecule has 1 aromatic heterocycles. The molecule has 3 rings (SSSR count). The second kappa shape index (κ2) is 5.39. The number of fused-ring (bicyclic) bond motifs is 1. The van der Waals surface area contributed by atoms with E-state index in [1.54, 1.807) is 24.9 Å². The molecule has 0 aliphatic carbocycles. The quantitative estimate of drug-likeness (QED) is 0.806. The summed E-state index contributed by atoms with van der Waals surface area (Å²) >= 11 is 6.24. The summed E-state index contributed by atoms with van der Waals surface area (Å²) in [4.78, 5) is 14.7. The number of carbonyl (C=O) groups excluding carboxylic acids is 1. The topological polar surface area (TPSA) is 38.1 Å². The zero-order valence-electron chi connectivity index (χ0n) is 12.7. The van der Waals surface area contributed by atoms with Gasteiger partial charge in [0.2, 0.25) is 0 Å². The molecule has 1 unspecified atom stereocenters. The normalized spacial score (nSPS) is 17.5. The molecule has 0 radical (unpaired) electrons. The van der Waals surface area contributed by atoms with Crippen molar-refractivity contribution in [1.82, 2.24) is 9.78 Å². The van der Waals surface area contributed by atoms with Gasteiger partial charge in [-0.25, -0.2) is 4.39 Å². The van der Waals surface area contributed by atoms with E-state index in [4.69, 9.17) is 11.6 Å². The predicted octanol–water partition coefficient (Wildman–Crippen LogP) is 3.50. The Labute approximate surface area is 133 Å². The summed E-state index contributed by atoms with van der Waals surface area (Å²) in [6, 6.07) is 4.57. The Hall–Kier alpha value is -1.88. The first-order valence-corrected chi connectivity index (χ1v) is 7.59. The fourth-order valence-corrected chi connectivity index (χ4v) is 3.25. The van der Waals surface area contributed by atoms with Crippen molar-refractivity contribution in [2.45, 2.75) is 32.7 Å². The minimum Gasteiger partial charge on any atom is -0.304 e. The first-order chi connectivity index (χ1) is 10.4. The molecule has 0 N–H and O–H groups in total.